The lowest BCUT2D eigenvalue weighted by molar-refractivity contribution is 0.0959. The lowest BCUT2D eigenvalue weighted by Gasteiger charge is -2.05. The number of hydrogen-bond donors (Lipinski definition) is 2. The van der Waals surface area contributed by atoms with Gasteiger partial charge in [0.1, 0.15) is 5.75 Å². The molecule has 0 radical (unpaired) electrons. The van der Waals surface area contributed by atoms with Crippen molar-refractivity contribution >= 4 is 23.1 Å². The Labute approximate surface area is 98.8 Å². The number of carbonyl (C=O) groups is 1. The minimum atomic E-state index is -0.164. The number of carbonyl (C=O) groups excluding carboxylic acids is 1. The third-order valence-electron chi connectivity index (χ3n) is 2.37. The van der Waals surface area contributed by atoms with Crippen molar-refractivity contribution in [2.24, 2.45) is 5.73 Å². The highest BCUT2D eigenvalue weighted by atomic mass is 32.1. The van der Waals surface area contributed by atoms with E-state index in [1.54, 1.807) is 6.07 Å². The maximum Gasteiger partial charge on any atom is 0.251 e. The SMILES string of the molecule is NC(=S)CNC(=O)c1ccc2c(c1)CCO2. The second kappa shape index (κ2) is 4.49. The first-order chi connectivity index (χ1) is 7.66. The minimum Gasteiger partial charge on any atom is -0.493 e. The molecule has 0 unspecified atom stereocenters. The van der Waals surface area contributed by atoms with Gasteiger partial charge in [-0.1, -0.05) is 12.2 Å². The fraction of sp³-hybridized carbons (Fsp3) is 0.273. The maximum atomic E-state index is 11.7. The molecule has 3 N–H and O–H groups in total. The van der Waals surface area contributed by atoms with E-state index in [-0.39, 0.29) is 17.4 Å². The molecule has 1 heterocycles. The number of thiocarbonyl (C=S) groups is 1. The van der Waals surface area contributed by atoms with Crippen LogP contribution >= 0.6 is 12.2 Å². The highest BCUT2D eigenvalue weighted by Crippen LogP contribution is 2.25. The van der Waals surface area contributed by atoms with Crippen LogP contribution in [0.4, 0.5) is 0 Å². The number of benzene rings is 1. The van der Waals surface area contributed by atoms with Crippen molar-refractivity contribution in [3.8, 4) is 5.75 Å². The van der Waals surface area contributed by atoms with Crippen molar-refractivity contribution in [3.63, 3.8) is 0 Å². The summed E-state index contributed by atoms with van der Waals surface area (Å²) in [4.78, 5) is 12.0. The third kappa shape index (κ3) is 2.30. The Morgan fingerprint density at radius 2 is 2.38 bits per heavy atom. The molecule has 0 fully saturated rings. The molecule has 1 amide bonds. The Morgan fingerprint density at radius 3 is 3.12 bits per heavy atom. The molecule has 2 rings (SSSR count). The Bertz CT molecular complexity index is 446. The fourth-order valence-electron chi connectivity index (χ4n) is 1.60. The normalized spacial score (nSPS) is 12.8. The molecule has 0 saturated carbocycles. The van der Waals surface area contributed by atoms with E-state index < -0.39 is 0 Å². The van der Waals surface area contributed by atoms with Crippen LogP contribution in [0.5, 0.6) is 5.75 Å². The van der Waals surface area contributed by atoms with E-state index in [1.165, 1.54) is 0 Å². The molecule has 0 atom stereocenters. The van der Waals surface area contributed by atoms with Gasteiger partial charge in [-0.3, -0.25) is 4.79 Å². The standard InChI is InChI=1S/C11H12N2O2S/c12-10(16)6-13-11(14)8-1-2-9-7(5-8)3-4-15-9/h1-2,5H,3-4,6H2,(H2,12,16)(H,13,14). The number of amides is 1. The Balaban J connectivity index is 2.09. The third-order valence-corrected chi connectivity index (χ3v) is 2.52. The summed E-state index contributed by atoms with van der Waals surface area (Å²) in [5, 5.41) is 2.64. The molecule has 16 heavy (non-hydrogen) atoms. The highest BCUT2D eigenvalue weighted by Gasteiger charge is 2.14. The molecule has 0 aliphatic carbocycles. The fourth-order valence-corrected chi connectivity index (χ4v) is 1.67. The van der Waals surface area contributed by atoms with E-state index in [4.69, 9.17) is 10.5 Å². The van der Waals surface area contributed by atoms with Crippen LogP contribution in [0, 0.1) is 0 Å². The molecule has 5 heteroatoms. The largest absolute Gasteiger partial charge is 0.493 e. The summed E-state index contributed by atoms with van der Waals surface area (Å²) in [6, 6.07) is 5.40. The van der Waals surface area contributed by atoms with Crippen molar-refractivity contribution in [2.45, 2.75) is 6.42 Å². The quantitative estimate of drug-likeness (QED) is 0.756. The van der Waals surface area contributed by atoms with Crippen LogP contribution < -0.4 is 15.8 Å². The van der Waals surface area contributed by atoms with Gasteiger partial charge in [0.05, 0.1) is 18.1 Å². The molecule has 4 nitrogen and oxygen atoms in total. The van der Waals surface area contributed by atoms with Gasteiger partial charge in [-0.25, -0.2) is 0 Å². The summed E-state index contributed by atoms with van der Waals surface area (Å²) in [6.07, 6.45) is 0.853. The topological polar surface area (TPSA) is 64.3 Å². The van der Waals surface area contributed by atoms with Crippen molar-refractivity contribution in [3.05, 3.63) is 29.3 Å². The summed E-state index contributed by atoms with van der Waals surface area (Å²) in [5.74, 6) is 0.702. The van der Waals surface area contributed by atoms with Gasteiger partial charge in [0.25, 0.3) is 5.91 Å². The van der Waals surface area contributed by atoms with Gasteiger partial charge in [0, 0.05) is 12.0 Å². The zero-order valence-corrected chi connectivity index (χ0v) is 9.47. The lowest BCUT2D eigenvalue weighted by Crippen LogP contribution is -2.32. The molecular weight excluding hydrogens is 224 g/mol. The van der Waals surface area contributed by atoms with E-state index >= 15 is 0 Å². The summed E-state index contributed by atoms with van der Waals surface area (Å²) in [7, 11) is 0. The number of hydrogen-bond acceptors (Lipinski definition) is 3. The molecule has 0 spiro atoms. The summed E-state index contributed by atoms with van der Waals surface area (Å²) >= 11 is 4.69. The van der Waals surface area contributed by atoms with Crippen molar-refractivity contribution < 1.29 is 9.53 Å². The van der Waals surface area contributed by atoms with Crippen LogP contribution in [0.3, 0.4) is 0 Å². The van der Waals surface area contributed by atoms with Crippen LogP contribution in [0.2, 0.25) is 0 Å². The average molecular weight is 236 g/mol. The van der Waals surface area contributed by atoms with Gasteiger partial charge in [-0.15, -0.1) is 0 Å². The molecule has 0 aromatic heterocycles. The average Bonchev–Trinajstić information content (AvgIpc) is 2.72. The Kier molecular flexibility index (Phi) is 3.05. The molecule has 1 aliphatic heterocycles. The van der Waals surface area contributed by atoms with E-state index in [1.807, 2.05) is 12.1 Å². The highest BCUT2D eigenvalue weighted by molar-refractivity contribution is 7.80. The molecule has 1 aromatic carbocycles. The Hall–Kier alpha value is -1.62. The summed E-state index contributed by atoms with van der Waals surface area (Å²) < 4.78 is 5.36. The molecule has 1 aliphatic rings. The monoisotopic (exact) mass is 236 g/mol. The van der Waals surface area contributed by atoms with Crippen LogP contribution in [-0.4, -0.2) is 24.0 Å². The van der Waals surface area contributed by atoms with E-state index in [0.717, 1.165) is 17.7 Å². The molecule has 0 bridgehead atoms. The van der Waals surface area contributed by atoms with Gasteiger partial charge in [-0.2, -0.15) is 0 Å². The zero-order valence-electron chi connectivity index (χ0n) is 8.66. The minimum absolute atomic E-state index is 0.164. The van der Waals surface area contributed by atoms with Crippen molar-refractivity contribution in [2.75, 3.05) is 13.2 Å². The second-order valence-corrected chi connectivity index (χ2v) is 4.09. The predicted octanol–water partition coefficient (Wildman–Crippen LogP) is 0.637. The number of ether oxygens (including phenoxy) is 1. The number of rotatable bonds is 3. The molecule has 84 valence electrons. The van der Waals surface area contributed by atoms with E-state index in [0.29, 0.717) is 12.2 Å². The van der Waals surface area contributed by atoms with Crippen molar-refractivity contribution in [1.82, 2.24) is 5.32 Å². The smallest absolute Gasteiger partial charge is 0.251 e. The first-order valence-electron chi connectivity index (χ1n) is 4.99. The maximum absolute atomic E-state index is 11.7. The number of nitrogens with two attached hydrogens (primary N) is 1. The molecule has 0 saturated heterocycles. The summed E-state index contributed by atoms with van der Waals surface area (Å²) in [5.41, 5.74) is 6.99. The van der Waals surface area contributed by atoms with E-state index in [2.05, 4.69) is 17.5 Å². The first kappa shape index (κ1) is 10.9. The van der Waals surface area contributed by atoms with Gasteiger partial charge in [0.2, 0.25) is 0 Å². The van der Waals surface area contributed by atoms with Crippen molar-refractivity contribution in [1.29, 1.82) is 0 Å². The van der Waals surface area contributed by atoms with Gasteiger partial charge in [-0.05, 0) is 23.8 Å². The zero-order chi connectivity index (χ0) is 11.5. The van der Waals surface area contributed by atoms with Crippen LogP contribution in [-0.2, 0) is 6.42 Å². The van der Waals surface area contributed by atoms with E-state index in [9.17, 15) is 4.79 Å². The molecular formula is C11H12N2O2S. The summed E-state index contributed by atoms with van der Waals surface area (Å²) in [6.45, 7) is 0.912. The lowest BCUT2D eigenvalue weighted by atomic mass is 10.1. The number of fused-ring (bicyclic) bond motifs is 1. The van der Waals surface area contributed by atoms with Crippen LogP contribution in [0.25, 0.3) is 0 Å². The number of nitrogens with one attached hydrogen (secondary N) is 1. The van der Waals surface area contributed by atoms with Gasteiger partial charge in [0.15, 0.2) is 0 Å². The second-order valence-electron chi connectivity index (χ2n) is 3.57. The van der Waals surface area contributed by atoms with Crippen LogP contribution in [0.1, 0.15) is 15.9 Å². The van der Waals surface area contributed by atoms with Gasteiger partial charge >= 0.3 is 0 Å². The molecule has 1 aromatic rings. The van der Waals surface area contributed by atoms with Gasteiger partial charge < -0.3 is 15.8 Å². The Morgan fingerprint density at radius 1 is 1.56 bits per heavy atom. The first-order valence-corrected chi connectivity index (χ1v) is 5.40. The predicted molar refractivity (Wildman–Crippen MR) is 64.8 cm³/mol. The van der Waals surface area contributed by atoms with Crippen LogP contribution in [0.15, 0.2) is 18.2 Å².